The Balaban J connectivity index is 1.55. The second kappa shape index (κ2) is 7.23. The van der Waals surface area contributed by atoms with Crippen LogP contribution in [0.15, 0.2) is 12.4 Å². The number of anilines is 1. The maximum atomic E-state index is 13.5. The maximum Gasteiger partial charge on any atom is 0.279 e. The molecule has 152 valence electrons. The van der Waals surface area contributed by atoms with Crippen LogP contribution in [0.2, 0.25) is 5.02 Å². The standard InChI is InChI=1S/C19H21ClN6O2S/c1-24-14-5-6-15-16(12(14)8-21-24)23-19(29-15)26(10-11-4-3-7-28-11)18(27)17-13(20)9-22-25(17)2/h8-9,11H,3-7,10H2,1-2H3/t11-/m0/s1. The Labute approximate surface area is 177 Å². The second-order valence-corrected chi connectivity index (χ2v) is 8.88. The summed E-state index contributed by atoms with van der Waals surface area (Å²) in [7, 11) is 3.67. The molecule has 0 N–H and O–H groups in total. The number of thiazole rings is 1. The number of aryl methyl sites for hydroxylation is 3. The fourth-order valence-corrected chi connectivity index (χ4v) is 5.37. The summed E-state index contributed by atoms with van der Waals surface area (Å²) in [6, 6.07) is 0. The van der Waals surface area contributed by atoms with Gasteiger partial charge < -0.3 is 4.74 Å². The van der Waals surface area contributed by atoms with Gasteiger partial charge in [-0.3, -0.25) is 19.1 Å². The van der Waals surface area contributed by atoms with Crippen LogP contribution in [-0.2, 0) is 31.7 Å². The van der Waals surface area contributed by atoms with Crippen LogP contribution >= 0.6 is 22.9 Å². The number of amides is 1. The molecule has 1 aliphatic heterocycles. The van der Waals surface area contributed by atoms with E-state index in [0.29, 0.717) is 22.4 Å². The second-order valence-electron chi connectivity index (χ2n) is 7.41. The summed E-state index contributed by atoms with van der Waals surface area (Å²) in [4.78, 5) is 21.2. The molecular formula is C19H21ClN6O2S. The lowest BCUT2D eigenvalue weighted by Crippen LogP contribution is -2.38. The summed E-state index contributed by atoms with van der Waals surface area (Å²) in [6.07, 6.45) is 7.12. The molecular weight excluding hydrogens is 412 g/mol. The number of ether oxygens (including phenoxy) is 1. The lowest BCUT2D eigenvalue weighted by atomic mass is 10.0. The number of fused-ring (bicyclic) bond motifs is 3. The molecule has 1 amide bonds. The Bertz CT molecular complexity index is 1060. The molecule has 5 rings (SSSR count). The number of nitrogens with zero attached hydrogens (tertiary/aromatic N) is 6. The molecule has 0 spiro atoms. The van der Waals surface area contributed by atoms with Gasteiger partial charge in [0.15, 0.2) is 5.13 Å². The minimum atomic E-state index is -0.206. The Morgan fingerprint density at radius 2 is 2.14 bits per heavy atom. The Morgan fingerprint density at radius 3 is 2.86 bits per heavy atom. The molecule has 0 aromatic carbocycles. The van der Waals surface area contributed by atoms with Crippen LogP contribution in [0.1, 0.15) is 33.9 Å². The largest absolute Gasteiger partial charge is 0.376 e. The van der Waals surface area contributed by atoms with E-state index in [0.717, 1.165) is 43.5 Å². The quantitative estimate of drug-likeness (QED) is 0.633. The first kappa shape index (κ1) is 18.8. The first-order chi connectivity index (χ1) is 14.0. The third-order valence-electron chi connectivity index (χ3n) is 5.57. The molecule has 1 fully saturated rings. The Kier molecular flexibility index (Phi) is 4.68. The van der Waals surface area contributed by atoms with Crippen molar-refractivity contribution in [2.75, 3.05) is 18.1 Å². The molecule has 0 saturated carbocycles. The van der Waals surface area contributed by atoms with Gasteiger partial charge in [-0.2, -0.15) is 10.2 Å². The Morgan fingerprint density at radius 1 is 1.31 bits per heavy atom. The average Bonchev–Trinajstić information content (AvgIpc) is 3.47. The van der Waals surface area contributed by atoms with Crippen molar-refractivity contribution in [3.63, 3.8) is 0 Å². The number of halogens is 1. The van der Waals surface area contributed by atoms with Gasteiger partial charge in [-0.25, -0.2) is 4.98 Å². The van der Waals surface area contributed by atoms with E-state index in [-0.39, 0.29) is 12.0 Å². The number of rotatable bonds is 4. The zero-order valence-corrected chi connectivity index (χ0v) is 17.8. The van der Waals surface area contributed by atoms with E-state index < -0.39 is 0 Å². The van der Waals surface area contributed by atoms with Crippen molar-refractivity contribution in [1.82, 2.24) is 24.5 Å². The summed E-state index contributed by atoms with van der Waals surface area (Å²) < 4.78 is 9.23. The molecule has 0 radical (unpaired) electrons. The lowest BCUT2D eigenvalue weighted by molar-refractivity contribution is 0.0910. The summed E-state index contributed by atoms with van der Waals surface area (Å²) >= 11 is 7.83. The van der Waals surface area contributed by atoms with E-state index in [9.17, 15) is 4.79 Å². The van der Waals surface area contributed by atoms with Gasteiger partial charge in [0, 0.05) is 36.8 Å². The van der Waals surface area contributed by atoms with Crippen LogP contribution in [-0.4, -0.2) is 49.7 Å². The molecule has 1 saturated heterocycles. The summed E-state index contributed by atoms with van der Waals surface area (Å²) in [5, 5.41) is 9.52. The van der Waals surface area contributed by atoms with Crippen molar-refractivity contribution < 1.29 is 9.53 Å². The SMILES string of the molecule is Cn1ncc2c1CCc1sc(N(C[C@@H]3CCCO3)C(=O)c3c(Cl)cnn3C)nc1-2. The van der Waals surface area contributed by atoms with Crippen LogP contribution in [0.3, 0.4) is 0 Å². The molecule has 10 heteroatoms. The number of hydrogen-bond donors (Lipinski definition) is 0. The third kappa shape index (κ3) is 3.17. The van der Waals surface area contributed by atoms with Gasteiger partial charge >= 0.3 is 0 Å². The van der Waals surface area contributed by atoms with E-state index in [1.807, 2.05) is 17.9 Å². The van der Waals surface area contributed by atoms with Crippen molar-refractivity contribution in [3.05, 3.63) is 33.7 Å². The normalized spacial score (nSPS) is 18.0. The molecule has 4 heterocycles. The molecule has 1 aliphatic carbocycles. The van der Waals surface area contributed by atoms with E-state index in [1.165, 1.54) is 21.4 Å². The zero-order chi connectivity index (χ0) is 20.1. The Hall–Kier alpha value is -2.23. The smallest absolute Gasteiger partial charge is 0.279 e. The van der Waals surface area contributed by atoms with E-state index in [4.69, 9.17) is 21.3 Å². The zero-order valence-electron chi connectivity index (χ0n) is 16.3. The van der Waals surface area contributed by atoms with Crippen LogP contribution in [0.4, 0.5) is 5.13 Å². The van der Waals surface area contributed by atoms with Gasteiger partial charge in [-0.05, 0) is 25.7 Å². The molecule has 0 bridgehead atoms. The highest BCUT2D eigenvalue weighted by Crippen LogP contribution is 2.40. The van der Waals surface area contributed by atoms with Crippen LogP contribution < -0.4 is 4.90 Å². The van der Waals surface area contributed by atoms with Crippen LogP contribution in [0.5, 0.6) is 0 Å². The molecule has 8 nitrogen and oxygen atoms in total. The van der Waals surface area contributed by atoms with E-state index in [2.05, 4.69) is 10.2 Å². The molecule has 0 unspecified atom stereocenters. The predicted octanol–water partition coefficient (Wildman–Crippen LogP) is 2.85. The topological polar surface area (TPSA) is 78.1 Å². The van der Waals surface area contributed by atoms with Crippen molar-refractivity contribution in [3.8, 4) is 11.3 Å². The summed E-state index contributed by atoms with van der Waals surface area (Å²) in [5.74, 6) is -0.206. The summed E-state index contributed by atoms with van der Waals surface area (Å²) in [5.41, 5.74) is 3.53. The van der Waals surface area contributed by atoms with Crippen LogP contribution in [0.25, 0.3) is 11.3 Å². The average molecular weight is 433 g/mol. The fraction of sp³-hybridized carbons (Fsp3) is 0.474. The monoisotopic (exact) mass is 432 g/mol. The van der Waals surface area contributed by atoms with Gasteiger partial charge in [0.1, 0.15) is 5.69 Å². The van der Waals surface area contributed by atoms with Gasteiger partial charge in [0.2, 0.25) is 0 Å². The van der Waals surface area contributed by atoms with E-state index in [1.54, 1.807) is 23.3 Å². The maximum absolute atomic E-state index is 13.5. The number of carbonyl (C=O) groups is 1. The first-order valence-electron chi connectivity index (χ1n) is 9.65. The highest BCUT2D eigenvalue weighted by atomic mass is 35.5. The first-order valence-corrected chi connectivity index (χ1v) is 10.8. The number of carbonyl (C=O) groups excluding carboxylic acids is 1. The van der Waals surface area contributed by atoms with Crippen LogP contribution in [0, 0.1) is 0 Å². The van der Waals surface area contributed by atoms with Gasteiger partial charge in [0.05, 0.1) is 35.8 Å². The van der Waals surface area contributed by atoms with Crippen molar-refractivity contribution in [1.29, 1.82) is 0 Å². The highest BCUT2D eigenvalue weighted by Gasteiger charge is 2.32. The highest BCUT2D eigenvalue weighted by molar-refractivity contribution is 7.16. The van der Waals surface area contributed by atoms with E-state index >= 15 is 0 Å². The molecule has 3 aromatic heterocycles. The molecule has 3 aromatic rings. The minimum Gasteiger partial charge on any atom is -0.376 e. The fourth-order valence-electron chi connectivity index (χ4n) is 4.04. The summed E-state index contributed by atoms with van der Waals surface area (Å²) in [6.45, 7) is 1.18. The van der Waals surface area contributed by atoms with Crippen molar-refractivity contribution in [2.45, 2.75) is 31.8 Å². The van der Waals surface area contributed by atoms with Crippen molar-refractivity contribution in [2.24, 2.45) is 14.1 Å². The lowest BCUT2D eigenvalue weighted by Gasteiger charge is -2.23. The minimum absolute atomic E-state index is 0.000772. The third-order valence-corrected chi connectivity index (χ3v) is 6.99. The van der Waals surface area contributed by atoms with Gasteiger partial charge in [-0.1, -0.05) is 11.6 Å². The number of hydrogen-bond acceptors (Lipinski definition) is 6. The van der Waals surface area contributed by atoms with Crippen molar-refractivity contribution >= 4 is 34.0 Å². The van der Waals surface area contributed by atoms with Gasteiger partial charge in [0.25, 0.3) is 5.91 Å². The predicted molar refractivity (Wildman–Crippen MR) is 111 cm³/mol. The molecule has 2 aliphatic rings. The molecule has 1 atom stereocenters. The molecule has 29 heavy (non-hydrogen) atoms. The number of aromatic nitrogens is 5. The van der Waals surface area contributed by atoms with Gasteiger partial charge in [-0.15, -0.1) is 11.3 Å².